The highest BCUT2D eigenvalue weighted by molar-refractivity contribution is 7.80. The topological polar surface area (TPSA) is 35.2 Å². The lowest BCUT2D eigenvalue weighted by atomic mass is 10.4. The summed E-state index contributed by atoms with van der Waals surface area (Å²) in [4.78, 5) is 0. The van der Waals surface area contributed by atoms with Gasteiger partial charge >= 0.3 is 0 Å². The van der Waals surface area contributed by atoms with E-state index >= 15 is 0 Å². The van der Waals surface area contributed by atoms with Gasteiger partial charge in [-0.3, -0.25) is 0 Å². The Kier molecular flexibility index (Phi) is 2.87. The molecule has 3 heteroatoms. The van der Waals surface area contributed by atoms with Crippen LogP contribution in [0.15, 0.2) is 0 Å². The molecule has 0 aliphatic heterocycles. The molecule has 0 spiro atoms. The van der Waals surface area contributed by atoms with Crippen LogP contribution < -0.4 is 5.73 Å². The molecule has 1 atom stereocenters. The van der Waals surface area contributed by atoms with Crippen LogP contribution in [0.1, 0.15) is 6.92 Å². The Balaban J connectivity index is 3.35. The minimum Gasteiger partial charge on any atom is -0.489 e. The molecule has 7 heavy (non-hydrogen) atoms. The van der Waals surface area contributed by atoms with Crippen LogP contribution in [0.3, 0.4) is 0 Å². The Bertz CT molecular complexity index is 72.1. The Morgan fingerprint density at radius 2 is 2.29 bits per heavy atom. The molecule has 0 saturated carbocycles. The minimum absolute atomic E-state index is 0.125. The van der Waals surface area contributed by atoms with Gasteiger partial charge in [0.1, 0.15) is 0 Å². The summed E-state index contributed by atoms with van der Waals surface area (Å²) >= 11 is 4.63. The number of hydrogen-bond donors (Lipinski definition) is 1. The standard InChI is InChI=1S/C4H9NOS/c1-3(5)4(7)6-2/h3H,5H2,1-2H3. The largest absolute Gasteiger partial charge is 0.489 e. The fraction of sp³-hybridized carbons (Fsp3) is 0.750. The fourth-order valence-corrected chi connectivity index (χ4v) is 0.186. The second-order valence-electron chi connectivity index (χ2n) is 1.31. The van der Waals surface area contributed by atoms with Crippen molar-refractivity contribution in [3.8, 4) is 0 Å². The lowest BCUT2D eigenvalue weighted by Gasteiger charge is -2.02. The molecule has 0 amide bonds. The van der Waals surface area contributed by atoms with Crippen molar-refractivity contribution < 1.29 is 4.74 Å². The maximum absolute atomic E-state index is 5.28. The van der Waals surface area contributed by atoms with Crippen LogP contribution in [-0.2, 0) is 4.74 Å². The van der Waals surface area contributed by atoms with Gasteiger partial charge in [-0.2, -0.15) is 0 Å². The van der Waals surface area contributed by atoms with E-state index in [-0.39, 0.29) is 6.04 Å². The molecule has 0 rings (SSSR count). The third-order valence-corrected chi connectivity index (χ3v) is 1.11. The first-order valence-electron chi connectivity index (χ1n) is 2.02. The predicted molar refractivity (Wildman–Crippen MR) is 33.3 cm³/mol. The van der Waals surface area contributed by atoms with E-state index in [4.69, 9.17) is 5.73 Å². The third kappa shape index (κ3) is 2.53. The van der Waals surface area contributed by atoms with Crippen LogP contribution in [0.5, 0.6) is 0 Å². The van der Waals surface area contributed by atoms with Gasteiger partial charge in [0, 0.05) is 0 Å². The molecule has 1 unspecified atom stereocenters. The van der Waals surface area contributed by atoms with Crippen LogP contribution in [-0.4, -0.2) is 18.2 Å². The van der Waals surface area contributed by atoms with Gasteiger partial charge in [-0.15, -0.1) is 0 Å². The Labute approximate surface area is 48.6 Å². The van der Waals surface area contributed by atoms with E-state index in [0.29, 0.717) is 5.05 Å². The van der Waals surface area contributed by atoms with Crippen molar-refractivity contribution in [3.63, 3.8) is 0 Å². The molecule has 0 bridgehead atoms. The second kappa shape index (κ2) is 2.93. The predicted octanol–water partition coefficient (Wildman–Crippen LogP) is 0.307. The number of rotatable bonds is 1. The summed E-state index contributed by atoms with van der Waals surface area (Å²) < 4.78 is 4.62. The van der Waals surface area contributed by atoms with Crippen molar-refractivity contribution in [2.24, 2.45) is 5.73 Å². The average molecular weight is 119 g/mol. The van der Waals surface area contributed by atoms with E-state index in [1.807, 2.05) is 0 Å². The van der Waals surface area contributed by atoms with Crippen LogP contribution in [0.25, 0.3) is 0 Å². The molecule has 42 valence electrons. The first kappa shape index (κ1) is 6.85. The number of ether oxygens (including phenoxy) is 1. The van der Waals surface area contributed by atoms with Gasteiger partial charge in [0.15, 0.2) is 5.05 Å². The Morgan fingerprint density at radius 1 is 1.86 bits per heavy atom. The Hall–Kier alpha value is -0.150. The summed E-state index contributed by atoms with van der Waals surface area (Å²) in [5, 5.41) is 0.458. The molecule has 2 nitrogen and oxygen atoms in total. The highest BCUT2D eigenvalue weighted by Crippen LogP contribution is 1.82. The van der Waals surface area contributed by atoms with Crippen LogP contribution in [0.4, 0.5) is 0 Å². The number of thiocarbonyl (C=S) groups is 1. The zero-order valence-corrected chi connectivity index (χ0v) is 5.29. The zero-order chi connectivity index (χ0) is 5.86. The van der Waals surface area contributed by atoms with Crippen molar-refractivity contribution in [1.29, 1.82) is 0 Å². The molecule has 0 aromatic carbocycles. The van der Waals surface area contributed by atoms with Gasteiger partial charge in [0.25, 0.3) is 0 Å². The maximum Gasteiger partial charge on any atom is 0.175 e. The average Bonchev–Trinajstić information content (AvgIpc) is 1.65. The van der Waals surface area contributed by atoms with E-state index in [1.54, 1.807) is 6.92 Å². The molecular formula is C4H9NOS. The molecule has 2 N–H and O–H groups in total. The van der Waals surface area contributed by atoms with E-state index < -0.39 is 0 Å². The van der Waals surface area contributed by atoms with E-state index in [1.165, 1.54) is 7.11 Å². The molecular weight excluding hydrogens is 110 g/mol. The molecule has 0 radical (unpaired) electrons. The molecule has 0 aromatic heterocycles. The maximum atomic E-state index is 5.28. The second-order valence-corrected chi connectivity index (χ2v) is 1.71. The lowest BCUT2D eigenvalue weighted by Crippen LogP contribution is -2.25. The highest BCUT2D eigenvalue weighted by Gasteiger charge is 1.98. The number of nitrogens with two attached hydrogens (primary N) is 1. The SMILES string of the molecule is COC(=S)C(C)N. The summed E-state index contributed by atoms with van der Waals surface area (Å²) in [6, 6.07) is -0.125. The highest BCUT2D eigenvalue weighted by atomic mass is 32.1. The van der Waals surface area contributed by atoms with Gasteiger partial charge in [-0.1, -0.05) is 0 Å². The third-order valence-electron chi connectivity index (χ3n) is 0.573. The van der Waals surface area contributed by atoms with Crippen molar-refractivity contribution in [1.82, 2.24) is 0 Å². The summed E-state index contributed by atoms with van der Waals surface area (Å²) in [6.07, 6.45) is 0. The molecule has 0 aliphatic carbocycles. The fourth-order valence-electron chi connectivity index (χ4n) is 0.186. The quantitative estimate of drug-likeness (QED) is 0.504. The molecule has 0 fully saturated rings. The Morgan fingerprint density at radius 3 is 2.29 bits per heavy atom. The smallest absolute Gasteiger partial charge is 0.175 e. The summed E-state index contributed by atoms with van der Waals surface area (Å²) in [5.74, 6) is 0. The van der Waals surface area contributed by atoms with E-state index in [9.17, 15) is 0 Å². The first-order valence-corrected chi connectivity index (χ1v) is 2.42. The summed E-state index contributed by atoms with van der Waals surface area (Å²) in [5.41, 5.74) is 5.28. The van der Waals surface area contributed by atoms with Crippen molar-refractivity contribution in [2.45, 2.75) is 13.0 Å². The monoisotopic (exact) mass is 119 g/mol. The van der Waals surface area contributed by atoms with Crippen LogP contribution >= 0.6 is 12.2 Å². The summed E-state index contributed by atoms with van der Waals surface area (Å²) in [7, 11) is 1.52. The van der Waals surface area contributed by atoms with Crippen LogP contribution in [0, 0.1) is 0 Å². The molecule has 0 heterocycles. The van der Waals surface area contributed by atoms with Gasteiger partial charge in [0.2, 0.25) is 0 Å². The first-order chi connectivity index (χ1) is 3.18. The molecule has 0 saturated heterocycles. The van der Waals surface area contributed by atoms with Gasteiger partial charge < -0.3 is 10.5 Å². The van der Waals surface area contributed by atoms with Crippen LogP contribution in [0.2, 0.25) is 0 Å². The normalized spacial score (nSPS) is 13.0. The number of hydrogen-bond acceptors (Lipinski definition) is 3. The van der Waals surface area contributed by atoms with Gasteiger partial charge in [-0.25, -0.2) is 0 Å². The molecule has 0 aromatic rings. The summed E-state index contributed by atoms with van der Waals surface area (Å²) in [6.45, 7) is 1.78. The van der Waals surface area contributed by atoms with Crippen molar-refractivity contribution in [2.75, 3.05) is 7.11 Å². The number of methoxy groups -OCH3 is 1. The minimum atomic E-state index is -0.125. The van der Waals surface area contributed by atoms with E-state index in [0.717, 1.165) is 0 Å². The van der Waals surface area contributed by atoms with Gasteiger partial charge in [-0.05, 0) is 19.1 Å². The van der Waals surface area contributed by atoms with Gasteiger partial charge in [0.05, 0.1) is 13.2 Å². The molecule has 0 aliphatic rings. The van der Waals surface area contributed by atoms with E-state index in [2.05, 4.69) is 17.0 Å². The lowest BCUT2D eigenvalue weighted by molar-refractivity contribution is 0.397. The van der Waals surface area contributed by atoms with Crippen molar-refractivity contribution in [3.05, 3.63) is 0 Å². The van der Waals surface area contributed by atoms with Crippen molar-refractivity contribution >= 4 is 17.3 Å². The zero-order valence-electron chi connectivity index (χ0n) is 4.47.